The first kappa shape index (κ1) is 35.9. The molecular formula is C33H63NO5Sn. The van der Waals surface area contributed by atoms with Gasteiger partial charge in [0.05, 0.1) is 0 Å². The predicted molar refractivity (Wildman–Crippen MR) is 168 cm³/mol. The van der Waals surface area contributed by atoms with Gasteiger partial charge in [-0.15, -0.1) is 0 Å². The van der Waals surface area contributed by atoms with Crippen LogP contribution in [0.4, 0.5) is 4.79 Å². The van der Waals surface area contributed by atoms with Crippen molar-refractivity contribution in [2.24, 2.45) is 11.3 Å². The molecular weight excluding hydrogens is 609 g/mol. The second kappa shape index (κ2) is 14.4. The van der Waals surface area contributed by atoms with Crippen molar-refractivity contribution in [1.29, 1.82) is 0 Å². The van der Waals surface area contributed by atoms with Crippen molar-refractivity contribution in [3.05, 3.63) is 12.2 Å². The van der Waals surface area contributed by atoms with Gasteiger partial charge in [0.25, 0.3) is 0 Å². The number of carbonyl (C=O) groups is 1. The summed E-state index contributed by atoms with van der Waals surface area (Å²) in [5.74, 6) is -0.282. The van der Waals surface area contributed by atoms with Gasteiger partial charge in [-0.05, 0) is 0 Å². The van der Waals surface area contributed by atoms with Crippen LogP contribution in [0.5, 0.6) is 0 Å². The van der Waals surface area contributed by atoms with Crippen LogP contribution in [0, 0.1) is 11.3 Å². The van der Waals surface area contributed by atoms with E-state index >= 15 is 0 Å². The van der Waals surface area contributed by atoms with E-state index < -0.39 is 40.8 Å². The van der Waals surface area contributed by atoms with Crippen molar-refractivity contribution in [2.75, 3.05) is 13.2 Å². The molecule has 0 aromatic rings. The van der Waals surface area contributed by atoms with Crippen molar-refractivity contribution >= 4 is 24.5 Å². The average Bonchev–Trinajstić information content (AvgIpc) is 3.35. The molecule has 0 aromatic heterocycles. The Hall–Kier alpha value is -0.311. The number of hydrogen-bond donors (Lipinski definition) is 0. The standard InChI is InChI=1S/C21H36NO5.3C4H9.Sn/c1-15(2)10-11-21(9,16-12-25-20(7,8)27-16)14-24-17(23)22-18(3,4)13-26-19(22,5)6;3*1-3-4-2;/h10-11,14-16H,12-13H2,1-9H3;3*1,3-4H2,2H3;/b11-10+;;;;/t16-,21?;;;;/m1..../s1. The van der Waals surface area contributed by atoms with E-state index in [1.165, 1.54) is 32.6 Å². The molecule has 7 heteroatoms. The third kappa shape index (κ3) is 8.63. The Morgan fingerprint density at radius 3 is 1.88 bits per heavy atom. The number of rotatable bonds is 15. The zero-order valence-electron chi connectivity index (χ0n) is 28.2. The van der Waals surface area contributed by atoms with Gasteiger partial charge < -0.3 is 0 Å². The molecule has 0 aliphatic carbocycles. The first-order valence-electron chi connectivity index (χ1n) is 16.2. The summed E-state index contributed by atoms with van der Waals surface area (Å²) in [7, 11) is 0. The fourth-order valence-corrected chi connectivity index (χ4v) is 25.9. The van der Waals surface area contributed by atoms with Gasteiger partial charge in [0.15, 0.2) is 0 Å². The van der Waals surface area contributed by atoms with Crippen LogP contribution in [0.15, 0.2) is 12.2 Å². The van der Waals surface area contributed by atoms with E-state index in [0.717, 1.165) is 19.3 Å². The van der Waals surface area contributed by atoms with E-state index in [1.54, 1.807) is 0 Å². The maximum absolute atomic E-state index is 14.4. The number of nitrogens with zero attached hydrogens (tertiary/aromatic N) is 1. The Morgan fingerprint density at radius 1 is 0.975 bits per heavy atom. The molecule has 6 nitrogen and oxygen atoms in total. The minimum atomic E-state index is -3.25. The van der Waals surface area contributed by atoms with Gasteiger partial charge in [0.2, 0.25) is 0 Å². The predicted octanol–water partition coefficient (Wildman–Crippen LogP) is 9.10. The van der Waals surface area contributed by atoms with Gasteiger partial charge in [0.1, 0.15) is 0 Å². The molecule has 40 heavy (non-hydrogen) atoms. The summed E-state index contributed by atoms with van der Waals surface area (Å²) in [6.45, 7) is 26.7. The third-order valence-electron chi connectivity index (χ3n) is 9.07. The molecule has 2 heterocycles. The van der Waals surface area contributed by atoms with Gasteiger partial charge in [0, 0.05) is 0 Å². The second-order valence-corrected chi connectivity index (χ2v) is 28.2. The molecule has 2 rings (SSSR count). The van der Waals surface area contributed by atoms with Gasteiger partial charge in [-0.25, -0.2) is 0 Å². The van der Waals surface area contributed by atoms with Gasteiger partial charge >= 0.3 is 252 Å². The topological polar surface area (TPSA) is 57.2 Å². The van der Waals surface area contributed by atoms with Crippen LogP contribution < -0.4 is 0 Å². The maximum atomic E-state index is 14.4. The molecule has 0 aromatic carbocycles. The van der Waals surface area contributed by atoms with Crippen LogP contribution in [0.2, 0.25) is 13.3 Å². The van der Waals surface area contributed by atoms with Crippen molar-refractivity contribution in [2.45, 2.75) is 162 Å². The van der Waals surface area contributed by atoms with Gasteiger partial charge in [-0.1, -0.05) is 0 Å². The summed E-state index contributed by atoms with van der Waals surface area (Å²) < 4.78 is 29.5. The van der Waals surface area contributed by atoms with Crippen LogP contribution in [-0.4, -0.2) is 69.9 Å². The van der Waals surface area contributed by atoms with Gasteiger partial charge in [-0.2, -0.15) is 0 Å². The third-order valence-corrected chi connectivity index (χ3v) is 25.9. The monoisotopic (exact) mass is 673 g/mol. The Kier molecular flexibility index (Phi) is 13.0. The number of hydrogen-bond acceptors (Lipinski definition) is 5. The van der Waals surface area contributed by atoms with Crippen LogP contribution in [-0.2, 0) is 18.9 Å². The first-order valence-corrected chi connectivity index (χ1v) is 23.9. The van der Waals surface area contributed by atoms with Crippen LogP contribution in [0.1, 0.15) is 122 Å². The van der Waals surface area contributed by atoms with Crippen molar-refractivity contribution in [1.82, 2.24) is 4.90 Å². The van der Waals surface area contributed by atoms with Crippen LogP contribution >= 0.6 is 0 Å². The Morgan fingerprint density at radius 2 is 1.50 bits per heavy atom. The SMILES string of the molecule is CCC[CH2][Sn]([CH2]CCC)([CH2]CCC)[C@H](OC(=O)N1C(C)(C)COC1(C)C)C(C)(/C=C/C(C)C)[C@H]1COC(C)(C)O1. The number of ether oxygens (including phenoxy) is 4. The summed E-state index contributed by atoms with van der Waals surface area (Å²) in [4.78, 5) is 16.3. The molecule has 3 atom stereocenters. The quantitative estimate of drug-likeness (QED) is 0.128. The van der Waals surface area contributed by atoms with E-state index in [9.17, 15) is 4.79 Å². The van der Waals surface area contributed by atoms with Crippen LogP contribution in [0.25, 0.3) is 0 Å². The normalized spacial score (nSPS) is 24.5. The number of unbranched alkanes of at least 4 members (excludes halogenated alkanes) is 3. The Labute approximate surface area is 251 Å². The fraction of sp³-hybridized carbons (Fsp3) is 0.909. The molecule has 2 fully saturated rings. The van der Waals surface area contributed by atoms with Crippen molar-refractivity contribution in [3.8, 4) is 0 Å². The van der Waals surface area contributed by atoms with Crippen LogP contribution in [0.3, 0.4) is 0 Å². The molecule has 0 spiro atoms. The van der Waals surface area contributed by atoms with Crippen molar-refractivity contribution in [3.63, 3.8) is 0 Å². The Bertz CT molecular complexity index is 801. The number of allylic oxidation sites excluding steroid dienone is 1. The summed E-state index contributed by atoms with van der Waals surface area (Å²) >= 11 is -3.25. The molecule has 0 N–H and O–H groups in total. The van der Waals surface area contributed by atoms with Gasteiger partial charge in [-0.3, -0.25) is 0 Å². The summed E-state index contributed by atoms with van der Waals surface area (Å²) in [6.07, 6.45) is 11.3. The van der Waals surface area contributed by atoms with E-state index in [2.05, 4.69) is 67.5 Å². The first-order chi connectivity index (χ1) is 18.5. The fourth-order valence-electron chi connectivity index (χ4n) is 6.86. The molecule has 234 valence electrons. The zero-order chi connectivity index (χ0) is 30.4. The Balaban J connectivity index is 2.77. The van der Waals surface area contributed by atoms with Crippen molar-refractivity contribution < 1.29 is 23.7 Å². The summed E-state index contributed by atoms with van der Waals surface area (Å²) in [5.41, 5.74) is -1.66. The number of carbonyl (C=O) groups excluding carboxylic acids is 1. The molecule has 2 aliphatic rings. The summed E-state index contributed by atoms with van der Waals surface area (Å²) in [6, 6.07) is 0. The summed E-state index contributed by atoms with van der Waals surface area (Å²) in [5, 5.41) is 0. The van der Waals surface area contributed by atoms with E-state index in [-0.39, 0.29) is 16.3 Å². The molecule has 0 saturated carbocycles. The number of amides is 1. The molecule has 0 radical (unpaired) electrons. The van der Waals surface area contributed by atoms with E-state index in [4.69, 9.17) is 18.9 Å². The molecule has 1 amide bonds. The zero-order valence-corrected chi connectivity index (χ0v) is 31.0. The average molecular weight is 673 g/mol. The second-order valence-electron chi connectivity index (χ2n) is 14.6. The molecule has 0 bridgehead atoms. The minimum absolute atomic E-state index is 0.177. The molecule has 1 unspecified atom stereocenters. The molecule has 2 aliphatic heterocycles. The molecule has 2 saturated heterocycles. The van der Waals surface area contributed by atoms with E-state index in [0.29, 0.717) is 19.1 Å². The van der Waals surface area contributed by atoms with E-state index in [1.807, 2.05) is 32.6 Å².